The minimum absolute atomic E-state index is 0.0923. The first kappa shape index (κ1) is 23.2. The maximum absolute atomic E-state index is 12.8. The van der Waals surface area contributed by atoms with Gasteiger partial charge in [0.15, 0.2) is 0 Å². The third-order valence-corrected chi connectivity index (χ3v) is 7.12. The van der Waals surface area contributed by atoms with Crippen molar-refractivity contribution >= 4 is 28.7 Å². The zero-order chi connectivity index (χ0) is 24.0. The van der Waals surface area contributed by atoms with E-state index in [-0.39, 0.29) is 11.9 Å². The van der Waals surface area contributed by atoms with Crippen LogP contribution in [0.2, 0.25) is 0 Å². The standard InChI is InChI=1S/C27H34N6O2/c34-26(17-22-20-28-24-8-4-3-7-23(22)24)32-13-15-33(16-14-32)27(35)30-19-21-9-10-25(29-18-21)31-11-5-1-2-6-12-31/h3-4,7-10,18,20,28H,1-2,5-6,11-17,19H2,(H,30,35). The fourth-order valence-electron chi connectivity index (χ4n) is 5.01. The lowest BCUT2D eigenvalue weighted by Gasteiger charge is -2.34. The van der Waals surface area contributed by atoms with Crippen LogP contribution in [0, 0.1) is 0 Å². The summed E-state index contributed by atoms with van der Waals surface area (Å²) < 4.78 is 0. The molecule has 2 saturated heterocycles. The largest absolute Gasteiger partial charge is 0.361 e. The minimum atomic E-state index is -0.0923. The lowest BCUT2D eigenvalue weighted by atomic mass is 10.1. The molecule has 184 valence electrons. The summed E-state index contributed by atoms with van der Waals surface area (Å²) in [4.78, 5) is 39.4. The summed E-state index contributed by atoms with van der Waals surface area (Å²) in [5, 5.41) is 4.09. The number of carbonyl (C=O) groups excluding carboxylic acids is 2. The molecule has 4 heterocycles. The Balaban J connectivity index is 1.07. The molecule has 0 bridgehead atoms. The third kappa shape index (κ3) is 5.58. The van der Waals surface area contributed by atoms with Crippen molar-refractivity contribution in [1.29, 1.82) is 0 Å². The van der Waals surface area contributed by atoms with E-state index in [1.807, 2.05) is 41.6 Å². The number of carbonyl (C=O) groups is 2. The number of urea groups is 1. The number of hydrogen-bond acceptors (Lipinski definition) is 4. The number of fused-ring (bicyclic) bond motifs is 1. The van der Waals surface area contributed by atoms with Crippen molar-refractivity contribution in [3.63, 3.8) is 0 Å². The number of anilines is 1. The van der Waals surface area contributed by atoms with Gasteiger partial charge in [0.1, 0.15) is 5.82 Å². The van der Waals surface area contributed by atoms with Crippen molar-refractivity contribution in [2.24, 2.45) is 0 Å². The van der Waals surface area contributed by atoms with Gasteiger partial charge < -0.3 is 25.0 Å². The molecule has 0 unspecified atom stereocenters. The van der Waals surface area contributed by atoms with Gasteiger partial charge in [-0.1, -0.05) is 37.1 Å². The topological polar surface area (TPSA) is 84.6 Å². The predicted molar refractivity (Wildman–Crippen MR) is 137 cm³/mol. The predicted octanol–water partition coefficient (Wildman–Crippen LogP) is 3.54. The molecule has 5 rings (SSSR count). The van der Waals surface area contributed by atoms with Crippen molar-refractivity contribution in [2.45, 2.75) is 38.6 Å². The van der Waals surface area contributed by atoms with E-state index in [9.17, 15) is 9.59 Å². The van der Waals surface area contributed by atoms with Gasteiger partial charge in [-0.3, -0.25) is 4.79 Å². The fraction of sp³-hybridized carbons (Fsp3) is 0.444. The first-order valence-electron chi connectivity index (χ1n) is 12.7. The molecule has 8 heteroatoms. The lowest BCUT2D eigenvalue weighted by molar-refractivity contribution is -0.131. The van der Waals surface area contributed by atoms with E-state index in [0.717, 1.165) is 40.9 Å². The second kappa shape index (κ2) is 10.8. The first-order chi connectivity index (χ1) is 17.2. The molecule has 2 aliphatic heterocycles. The monoisotopic (exact) mass is 474 g/mol. The maximum atomic E-state index is 12.8. The Labute approximate surface area is 206 Å². The summed E-state index contributed by atoms with van der Waals surface area (Å²) in [6.07, 6.45) is 9.20. The Morgan fingerprint density at radius 1 is 0.886 bits per heavy atom. The first-order valence-corrected chi connectivity index (χ1v) is 12.7. The molecular formula is C27H34N6O2. The molecule has 2 aromatic heterocycles. The van der Waals surface area contributed by atoms with Crippen LogP contribution in [0.4, 0.5) is 10.6 Å². The van der Waals surface area contributed by atoms with Crippen molar-refractivity contribution in [3.05, 3.63) is 59.9 Å². The van der Waals surface area contributed by atoms with E-state index < -0.39 is 0 Å². The van der Waals surface area contributed by atoms with Crippen LogP contribution in [0.25, 0.3) is 10.9 Å². The van der Waals surface area contributed by atoms with Gasteiger partial charge in [0, 0.05) is 69.1 Å². The zero-order valence-electron chi connectivity index (χ0n) is 20.2. The molecule has 3 amide bonds. The molecule has 2 N–H and O–H groups in total. The van der Waals surface area contributed by atoms with Gasteiger partial charge in [-0.05, 0) is 36.1 Å². The molecule has 3 aromatic rings. The van der Waals surface area contributed by atoms with E-state index >= 15 is 0 Å². The van der Waals surface area contributed by atoms with E-state index in [2.05, 4.69) is 32.3 Å². The SMILES string of the molecule is O=C(Cc1c[nH]c2ccccc12)N1CCN(C(=O)NCc2ccc(N3CCCCCC3)nc2)CC1. The van der Waals surface area contributed by atoms with Crippen LogP contribution in [0.1, 0.15) is 36.8 Å². The van der Waals surface area contributed by atoms with Crippen molar-refractivity contribution in [2.75, 3.05) is 44.2 Å². The second-order valence-electron chi connectivity index (χ2n) is 9.49. The molecule has 0 radical (unpaired) electrons. The van der Waals surface area contributed by atoms with Crippen molar-refractivity contribution < 1.29 is 9.59 Å². The van der Waals surface area contributed by atoms with E-state index in [0.29, 0.717) is 39.1 Å². The third-order valence-electron chi connectivity index (χ3n) is 7.12. The van der Waals surface area contributed by atoms with Crippen molar-refractivity contribution in [1.82, 2.24) is 25.1 Å². The fourth-order valence-corrected chi connectivity index (χ4v) is 5.01. The van der Waals surface area contributed by atoms with Crippen LogP contribution in [0.15, 0.2) is 48.8 Å². The highest BCUT2D eigenvalue weighted by Gasteiger charge is 2.24. The highest BCUT2D eigenvalue weighted by molar-refractivity contribution is 5.89. The lowest BCUT2D eigenvalue weighted by Crippen LogP contribution is -2.53. The number of pyridine rings is 1. The number of aromatic nitrogens is 2. The van der Waals surface area contributed by atoms with Gasteiger partial charge in [-0.15, -0.1) is 0 Å². The molecule has 1 aromatic carbocycles. The van der Waals surface area contributed by atoms with Gasteiger partial charge >= 0.3 is 6.03 Å². The molecule has 0 spiro atoms. The highest BCUT2D eigenvalue weighted by atomic mass is 16.2. The quantitative estimate of drug-likeness (QED) is 0.592. The summed E-state index contributed by atoms with van der Waals surface area (Å²) in [5.74, 6) is 1.13. The molecule has 35 heavy (non-hydrogen) atoms. The van der Waals surface area contributed by atoms with E-state index in [1.165, 1.54) is 25.7 Å². The number of amides is 3. The number of piperazine rings is 1. The maximum Gasteiger partial charge on any atom is 0.317 e. The number of benzene rings is 1. The number of nitrogens with zero attached hydrogens (tertiary/aromatic N) is 4. The molecule has 2 fully saturated rings. The number of nitrogens with one attached hydrogen (secondary N) is 2. The van der Waals surface area contributed by atoms with E-state index in [1.54, 1.807) is 4.90 Å². The minimum Gasteiger partial charge on any atom is -0.361 e. The molecule has 2 aliphatic rings. The average molecular weight is 475 g/mol. The van der Waals surface area contributed by atoms with Gasteiger partial charge in [0.05, 0.1) is 6.42 Å². The Kier molecular flexibility index (Phi) is 7.16. The molecular weight excluding hydrogens is 440 g/mol. The summed E-state index contributed by atoms with van der Waals surface area (Å²) in [7, 11) is 0. The summed E-state index contributed by atoms with van der Waals surface area (Å²) >= 11 is 0. The van der Waals surface area contributed by atoms with Gasteiger partial charge in [-0.2, -0.15) is 0 Å². The second-order valence-corrected chi connectivity index (χ2v) is 9.49. The Morgan fingerprint density at radius 2 is 1.63 bits per heavy atom. The summed E-state index contributed by atoms with van der Waals surface area (Å²) in [5.41, 5.74) is 3.05. The number of para-hydroxylation sites is 1. The summed E-state index contributed by atoms with van der Waals surface area (Å²) in [6.45, 7) is 4.78. The van der Waals surface area contributed by atoms with Gasteiger partial charge in [0.25, 0.3) is 0 Å². The van der Waals surface area contributed by atoms with E-state index in [4.69, 9.17) is 0 Å². The van der Waals surface area contributed by atoms with Gasteiger partial charge in [0.2, 0.25) is 5.91 Å². The Bertz CT molecular complexity index is 1140. The van der Waals surface area contributed by atoms with Crippen LogP contribution in [0.5, 0.6) is 0 Å². The number of H-pyrrole nitrogens is 1. The highest BCUT2D eigenvalue weighted by Crippen LogP contribution is 2.20. The van der Waals surface area contributed by atoms with Crippen molar-refractivity contribution in [3.8, 4) is 0 Å². The normalized spacial score (nSPS) is 16.9. The smallest absolute Gasteiger partial charge is 0.317 e. The zero-order valence-corrected chi connectivity index (χ0v) is 20.2. The van der Waals surface area contributed by atoms with Crippen LogP contribution in [-0.2, 0) is 17.8 Å². The Hall–Kier alpha value is -3.55. The number of rotatable bonds is 5. The van der Waals surface area contributed by atoms with Gasteiger partial charge in [-0.25, -0.2) is 9.78 Å². The van der Waals surface area contributed by atoms with Crippen LogP contribution in [-0.4, -0.2) is 71.0 Å². The average Bonchev–Trinajstić information content (AvgIpc) is 3.11. The summed E-state index contributed by atoms with van der Waals surface area (Å²) in [6, 6.07) is 12.0. The molecule has 0 saturated carbocycles. The van der Waals surface area contributed by atoms with Crippen LogP contribution < -0.4 is 10.2 Å². The molecule has 8 nitrogen and oxygen atoms in total. The van der Waals surface area contributed by atoms with Crippen LogP contribution >= 0.6 is 0 Å². The molecule has 0 aliphatic carbocycles. The Morgan fingerprint density at radius 3 is 2.37 bits per heavy atom. The number of aromatic amines is 1. The van der Waals surface area contributed by atoms with Crippen LogP contribution in [0.3, 0.4) is 0 Å². The molecule has 0 atom stereocenters. The number of hydrogen-bond donors (Lipinski definition) is 2.